The van der Waals surface area contributed by atoms with Gasteiger partial charge < -0.3 is 5.73 Å². The molecule has 1 saturated heterocycles. The molecule has 0 bridgehead atoms. The monoisotopic (exact) mass is 196 g/mol. The molecule has 1 aliphatic rings. The predicted molar refractivity (Wildman–Crippen MR) is 60.0 cm³/mol. The maximum atomic E-state index is 5.26. The van der Waals surface area contributed by atoms with E-state index >= 15 is 0 Å². The van der Waals surface area contributed by atoms with Gasteiger partial charge in [0, 0.05) is 18.0 Å². The molecule has 0 aromatic rings. The predicted octanol–water partition coefficient (Wildman–Crippen LogP) is 2.27. The van der Waals surface area contributed by atoms with Crippen LogP contribution in [0.5, 0.6) is 0 Å². The lowest BCUT2D eigenvalue weighted by atomic mass is 10.4. The molecule has 1 heterocycles. The van der Waals surface area contributed by atoms with Crippen LogP contribution in [0.2, 0.25) is 0 Å². The van der Waals surface area contributed by atoms with Crippen LogP contribution in [-0.2, 0) is 0 Å². The van der Waals surface area contributed by atoms with Crippen molar-refractivity contribution in [2.45, 2.75) is 12.8 Å². The molecular formula is C10H16N2S. The highest BCUT2D eigenvalue weighted by atomic mass is 32.2. The first-order valence-electron chi connectivity index (χ1n) is 4.50. The lowest BCUT2D eigenvalue weighted by molar-refractivity contribution is 0.589. The van der Waals surface area contributed by atoms with Crippen molar-refractivity contribution in [1.29, 1.82) is 0 Å². The van der Waals surface area contributed by atoms with Gasteiger partial charge in [-0.25, -0.2) is 4.31 Å². The summed E-state index contributed by atoms with van der Waals surface area (Å²) >= 11 is 1.76. The van der Waals surface area contributed by atoms with Crippen molar-refractivity contribution in [1.82, 2.24) is 4.31 Å². The van der Waals surface area contributed by atoms with E-state index in [2.05, 4.69) is 10.9 Å². The van der Waals surface area contributed by atoms with Gasteiger partial charge in [-0.1, -0.05) is 12.7 Å². The number of rotatable bonds is 4. The maximum absolute atomic E-state index is 5.26. The molecule has 0 spiro atoms. The fourth-order valence-corrected chi connectivity index (χ4v) is 2.17. The minimum absolute atomic E-state index is 1.16. The minimum atomic E-state index is 1.16. The summed E-state index contributed by atoms with van der Waals surface area (Å²) in [5.74, 6) is 0. The SMILES string of the molecule is C=C/C(=C\C=C\N)SN1CCCC1. The van der Waals surface area contributed by atoms with Crippen LogP contribution in [-0.4, -0.2) is 17.4 Å². The molecular weight excluding hydrogens is 180 g/mol. The second-order valence-corrected chi connectivity index (χ2v) is 4.06. The summed E-state index contributed by atoms with van der Waals surface area (Å²) < 4.78 is 2.36. The van der Waals surface area contributed by atoms with Gasteiger partial charge in [0.25, 0.3) is 0 Å². The zero-order valence-corrected chi connectivity index (χ0v) is 8.59. The number of hydrogen-bond donors (Lipinski definition) is 1. The molecule has 2 N–H and O–H groups in total. The lowest BCUT2D eigenvalue weighted by Gasteiger charge is -2.12. The molecule has 0 aromatic carbocycles. The highest BCUT2D eigenvalue weighted by Crippen LogP contribution is 2.25. The van der Waals surface area contributed by atoms with Crippen LogP contribution in [0.25, 0.3) is 0 Å². The summed E-state index contributed by atoms with van der Waals surface area (Å²) in [6.07, 6.45) is 9.83. The molecule has 1 fully saturated rings. The molecule has 0 saturated carbocycles. The summed E-state index contributed by atoms with van der Waals surface area (Å²) in [7, 11) is 0. The molecule has 0 radical (unpaired) electrons. The molecule has 1 aliphatic heterocycles. The lowest BCUT2D eigenvalue weighted by Crippen LogP contribution is -2.08. The van der Waals surface area contributed by atoms with Gasteiger partial charge in [0.1, 0.15) is 0 Å². The molecule has 1 rings (SSSR count). The van der Waals surface area contributed by atoms with Crippen molar-refractivity contribution in [3.63, 3.8) is 0 Å². The van der Waals surface area contributed by atoms with Gasteiger partial charge in [-0.2, -0.15) is 0 Å². The number of nitrogens with zero attached hydrogens (tertiary/aromatic N) is 1. The second kappa shape index (κ2) is 5.89. The average Bonchev–Trinajstić information content (AvgIpc) is 2.64. The summed E-state index contributed by atoms with van der Waals surface area (Å²) in [6.45, 7) is 6.13. The molecule has 72 valence electrons. The largest absolute Gasteiger partial charge is 0.405 e. The van der Waals surface area contributed by atoms with E-state index in [1.54, 1.807) is 11.9 Å². The molecule has 2 nitrogen and oxygen atoms in total. The Morgan fingerprint density at radius 1 is 1.38 bits per heavy atom. The number of allylic oxidation sites excluding steroid dienone is 3. The van der Waals surface area contributed by atoms with E-state index in [0.29, 0.717) is 0 Å². The van der Waals surface area contributed by atoms with E-state index in [1.807, 2.05) is 18.2 Å². The third kappa shape index (κ3) is 3.70. The average molecular weight is 196 g/mol. The fourth-order valence-electron chi connectivity index (χ4n) is 1.21. The van der Waals surface area contributed by atoms with Gasteiger partial charge in [-0.05, 0) is 43.1 Å². The Balaban J connectivity index is 2.42. The number of nitrogens with two attached hydrogens (primary N) is 1. The first kappa shape index (κ1) is 10.4. The van der Waals surface area contributed by atoms with Gasteiger partial charge in [-0.15, -0.1) is 0 Å². The standard InChI is InChI=1S/C10H16N2S/c1-2-10(6-5-7-11)13-12-8-3-4-9-12/h2,5-7H,1,3-4,8-9,11H2/b7-5+,10-6+. The van der Waals surface area contributed by atoms with Crippen LogP contribution in [0, 0.1) is 0 Å². The first-order chi connectivity index (χ1) is 6.36. The molecule has 0 unspecified atom stereocenters. The number of hydrogen-bond acceptors (Lipinski definition) is 3. The van der Waals surface area contributed by atoms with Gasteiger partial charge in [-0.3, -0.25) is 0 Å². The quantitative estimate of drug-likeness (QED) is 0.552. The summed E-state index contributed by atoms with van der Waals surface area (Å²) in [5.41, 5.74) is 5.26. The Kier molecular flexibility index (Phi) is 4.72. The minimum Gasteiger partial charge on any atom is -0.405 e. The van der Waals surface area contributed by atoms with Crippen LogP contribution >= 0.6 is 11.9 Å². The Bertz CT molecular complexity index is 215. The van der Waals surface area contributed by atoms with Crippen LogP contribution in [0.3, 0.4) is 0 Å². The van der Waals surface area contributed by atoms with Crippen molar-refractivity contribution in [2.24, 2.45) is 5.73 Å². The molecule has 0 atom stereocenters. The van der Waals surface area contributed by atoms with Crippen LogP contribution in [0.4, 0.5) is 0 Å². The van der Waals surface area contributed by atoms with E-state index in [0.717, 1.165) is 4.91 Å². The maximum Gasteiger partial charge on any atom is 0.0224 e. The highest BCUT2D eigenvalue weighted by molar-refractivity contribution is 8.01. The molecule has 13 heavy (non-hydrogen) atoms. The van der Waals surface area contributed by atoms with Crippen molar-refractivity contribution >= 4 is 11.9 Å². The summed E-state index contributed by atoms with van der Waals surface area (Å²) in [4.78, 5) is 1.16. The highest BCUT2D eigenvalue weighted by Gasteiger charge is 2.12. The molecule has 0 aromatic heterocycles. The summed E-state index contributed by atoms with van der Waals surface area (Å²) in [5, 5.41) is 0. The second-order valence-electron chi connectivity index (χ2n) is 2.89. The van der Waals surface area contributed by atoms with Gasteiger partial charge in [0.15, 0.2) is 0 Å². The fraction of sp³-hybridized carbons (Fsp3) is 0.400. The third-order valence-corrected chi connectivity index (χ3v) is 3.01. The molecule has 0 aliphatic carbocycles. The molecule has 3 heteroatoms. The first-order valence-corrected chi connectivity index (χ1v) is 5.28. The van der Waals surface area contributed by atoms with Gasteiger partial charge >= 0.3 is 0 Å². The van der Waals surface area contributed by atoms with Crippen LogP contribution in [0.15, 0.2) is 35.9 Å². The zero-order chi connectivity index (χ0) is 9.52. The van der Waals surface area contributed by atoms with E-state index in [-0.39, 0.29) is 0 Å². The Morgan fingerprint density at radius 3 is 2.62 bits per heavy atom. The topological polar surface area (TPSA) is 29.3 Å². The van der Waals surface area contributed by atoms with Crippen molar-refractivity contribution in [3.8, 4) is 0 Å². The molecule has 0 amide bonds. The van der Waals surface area contributed by atoms with E-state index < -0.39 is 0 Å². The Labute approximate surface area is 84.3 Å². The van der Waals surface area contributed by atoms with Gasteiger partial charge in [0.2, 0.25) is 0 Å². The van der Waals surface area contributed by atoms with Gasteiger partial charge in [0.05, 0.1) is 0 Å². The van der Waals surface area contributed by atoms with E-state index in [4.69, 9.17) is 5.73 Å². The Morgan fingerprint density at radius 2 is 2.08 bits per heavy atom. The van der Waals surface area contributed by atoms with Crippen molar-refractivity contribution < 1.29 is 0 Å². The zero-order valence-electron chi connectivity index (χ0n) is 7.78. The third-order valence-electron chi connectivity index (χ3n) is 1.87. The van der Waals surface area contributed by atoms with E-state index in [1.165, 1.54) is 32.1 Å². The smallest absolute Gasteiger partial charge is 0.0224 e. The van der Waals surface area contributed by atoms with Crippen LogP contribution in [0.1, 0.15) is 12.8 Å². The summed E-state index contributed by atoms with van der Waals surface area (Å²) in [6, 6.07) is 0. The van der Waals surface area contributed by atoms with Crippen LogP contribution < -0.4 is 5.73 Å². The normalized spacial score (nSPS) is 19.8. The van der Waals surface area contributed by atoms with E-state index in [9.17, 15) is 0 Å². The van der Waals surface area contributed by atoms with Crippen molar-refractivity contribution in [2.75, 3.05) is 13.1 Å². The Hall–Kier alpha value is -0.670. The van der Waals surface area contributed by atoms with Crippen molar-refractivity contribution in [3.05, 3.63) is 35.9 Å².